The molecular formula is C29H30ClNO10. The molecule has 11 nitrogen and oxygen atoms in total. The number of carbonyl (C=O) groups is 3. The minimum atomic E-state index is -2.00. The van der Waals surface area contributed by atoms with Crippen LogP contribution in [-0.2, 0) is 9.59 Å². The van der Waals surface area contributed by atoms with E-state index < -0.39 is 46.8 Å². The second kappa shape index (κ2) is 10.8. The minimum absolute atomic E-state index is 0.0102. The van der Waals surface area contributed by atoms with Crippen molar-refractivity contribution in [3.63, 3.8) is 0 Å². The van der Waals surface area contributed by atoms with Crippen molar-refractivity contribution < 1.29 is 48.3 Å². The third-order valence-electron chi connectivity index (χ3n) is 7.64. The van der Waals surface area contributed by atoms with Crippen molar-refractivity contribution in [2.24, 2.45) is 5.92 Å². The number of aliphatic hydroxyl groups is 2. The molecule has 0 bridgehead atoms. The number of Topliss-reactive ketones (excluding diaryl/α,β-unsaturated/α-hetero) is 2. The van der Waals surface area contributed by atoms with Crippen molar-refractivity contribution in [3.05, 3.63) is 51.7 Å². The number of rotatable bonds is 8. The number of carbonyl (C=O) groups excluding carboxylic acids is 3. The lowest BCUT2D eigenvalue weighted by Crippen LogP contribution is -2.53. The Bertz CT molecular complexity index is 1470. The van der Waals surface area contributed by atoms with Crippen LogP contribution >= 0.6 is 11.6 Å². The Kier molecular flexibility index (Phi) is 7.52. The maximum absolute atomic E-state index is 14.1. The maximum atomic E-state index is 14.1. The maximum Gasteiger partial charge on any atom is 0.231 e. The standard InChI is InChI=1S/C29H30ClNO10/c1-13-7-17(33)23(16(9-22(34)31-11-14(2)32)15-5-6-18-19(8-15)40-12-39-18)27(35)29(13)28(36)24-20(37-3)10-21(38-4)25(30)26(24)41-29/h5-6,8,10,13-14,16,32,35H,7,9,11-12H2,1-4H3,(H,31,34). The SMILES string of the molecule is COc1cc(OC)c2c(c1Cl)OC1(C2=O)C(O)=C(C(CC(=O)NCC(C)O)c2ccc3c(c2)OCO3)C(=O)CC1C. The minimum Gasteiger partial charge on any atom is -0.507 e. The lowest BCUT2D eigenvalue weighted by atomic mass is 9.69. The normalized spacial score (nSPS) is 22.3. The number of benzene rings is 2. The van der Waals surface area contributed by atoms with Gasteiger partial charge in [-0.1, -0.05) is 24.6 Å². The van der Waals surface area contributed by atoms with Crippen molar-refractivity contribution in [3.8, 4) is 28.7 Å². The number of ether oxygens (including phenoxy) is 5. The molecule has 12 heteroatoms. The number of aliphatic hydroxyl groups excluding tert-OH is 2. The van der Waals surface area contributed by atoms with Crippen LogP contribution in [0.1, 0.15) is 48.5 Å². The van der Waals surface area contributed by atoms with Gasteiger partial charge in [0.05, 0.1) is 20.3 Å². The lowest BCUT2D eigenvalue weighted by Gasteiger charge is -2.38. The van der Waals surface area contributed by atoms with Crippen LogP contribution in [0.2, 0.25) is 5.02 Å². The third kappa shape index (κ3) is 4.62. The topological polar surface area (TPSA) is 150 Å². The van der Waals surface area contributed by atoms with Gasteiger partial charge in [0.1, 0.15) is 22.1 Å². The number of fused-ring (bicyclic) bond motifs is 2. The summed E-state index contributed by atoms with van der Waals surface area (Å²) in [7, 11) is 2.77. The van der Waals surface area contributed by atoms with E-state index in [1.807, 2.05) is 0 Å². The molecule has 41 heavy (non-hydrogen) atoms. The highest BCUT2D eigenvalue weighted by molar-refractivity contribution is 6.35. The van der Waals surface area contributed by atoms with Gasteiger partial charge in [0.25, 0.3) is 0 Å². The average molecular weight is 588 g/mol. The molecule has 0 saturated carbocycles. The highest BCUT2D eigenvalue weighted by atomic mass is 35.5. The number of allylic oxidation sites excluding steroid dienone is 1. The van der Waals surface area contributed by atoms with E-state index >= 15 is 0 Å². The van der Waals surface area contributed by atoms with Crippen molar-refractivity contribution in [2.75, 3.05) is 27.6 Å². The smallest absolute Gasteiger partial charge is 0.231 e. The fraction of sp³-hybridized carbons (Fsp3) is 0.414. The van der Waals surface area contributed by atoms with Crippen molar-refractivity contribution >= 4 is 29.1 Å². The Morgan fingerprint density at radius 1 is 1.17 bits per heavy atom. The largest absolute Gasteiger partial charge is 0.507 e. The molecule has 218 valence electrons. The Morgan fingerprint density at radius 3 is 2.56 bits per heavy atom. The quantitative estimate of drug-likeness (QED) is 0.419. The molecule has 0 fully saturated rings. The molecule has 1 aliphatic carbocycles. The molecule has 2 heterocycles. The zero-order chi connectivity index (χ0) is 29.6. The summed E-state index contributed by atoms with van der Waals surface area (Å²) in [5, 5.41) is 24.2. The van der Waals surface area contributed by atoms with Crippen molar-refractivity contribution in [2.45, 2.75) is 44.3 Å². The Morgan fingerprint density at radius 2 is 1.88 bits per heavy atom. The summed E-state index contributed by atoms with van der Waals surface area (Å²) in [6.45, 7) is 3.15. The van der Waals surface area contributed by atoms with Crippen LogP contribution in [0.15, 0.2) is 35.6 Å². The number of halogens is 1. The van der Waals surface area contributed by atoms with Gasteiger partial charge >= 0.3 is 0 Å². The average Bonchev–Trinajstić information content (AvgIpc) is 3.54. The van der Waals surface area contributed by atoms with Crippen molar-refractivity contribution in [1.29, 1.82) is 0 Å². The first-order valence-electron chi connectivity index (χ1n) is 13.0. The van der Waals surface area contributed by atoms with E-state index in [1.54, 1.807) is 25.1 Å². The van der Waals surface area contributed by atoms with Gasteiger partial charge in [-0.25, -0.2) is 0 Å². The molecule has 4 unspecified atom stereocenters. The highest BCUT2D eigenvalue weighted by Gasteiger charge is 2.61. The molecule has 1 amide bonds. The molecule has 0 aromatic heterocycles. The van der Waals surface area contributed by atoms with Gasteiger partial charge in [-0.05, 0) is 24.6 Å². The Balaban J connectivity index is 1.66. The molecule has 5 rings (SSSR count). The molecular weight excluding hydrogens is 558 g/mol. The van der Waals surface area contributed by atoms with E-state index in [4.69, 9.17) is 35.3 Å². The summed E-state index contributed by atoms with van der Waals surface area (Å²) in [5.41, 5.74) is -1.65. The molecule has 0 saturated heterocycles. The van der Waals surface area contributed by atoms with E-state index in [0.717, 1.165) is 0 Å². The Hall–Kier alpha value is -3.96. The zero-order valence-electron chi connectivity index (χ0n) is 22.9. The molecule has 2 aliphatic heterocycles. The lowest BCUT2D eigenvalue weighted by molar-refractivity contribution is -0.122. The summed E-state index contributed by atoms with van der Waals surface area (Å²) in [6.07, 6.45) is -1.23. The summed E-state index contributed by atoms with van der Waals surface area (Å²) >= 11 is 6.53. The summed E-state index contributed by atoms with van der Waals surface area (Å²) < 4.78 is 27.9. The van der Waals surface area contributed by atoms with Gasteiger partial charge in [-0.15, -0.1) is 0 Å². The first kappa shape index (κ1) is 28.6. The molecule has 2 aromatic carbocycles. The van der Waals surface area contributed by atoms with Crippen LogP contribution < -0.4 is 29.0 Å². The molecule has 3 N–H and O–H groups in total. The molecule has 4 atom stereocenters. The fourth-order valence-corrected chi connectivity index (χ4v) is 5.84. The number of hydrogen-bond donors (Lipinski definition) is 3. The van der Waals surface area contributed by atoms with E-state index in [-0.39, 0.29) is 59.6 Å². The molecule has 0 radical (unpaired) electrons. The van der Waals surface area contributed by atoms with Crippen LogP contribution in [0.4, 0.5) is 0 Å². The monoisotopic (exact) mass is 587 g/mol. The number of ketones is 2. The highest BCUT2D eigenvalue weighted by Crippen LogP contribution is 2.56. The van der Waals surface area contributed by atoms with E-state index in [1.165, 1.54) is 27.2 Å². The van der Waals surface area contributed by atoms with E-state index in [2.05, 4.69) is 5.32 Å². The number of methoxy groups -OCH3 is 2. The summed E-state index contributed by atoms with van der Waals surface area (Å²) in [5.74, 6) is -2.77. The number of hydrogen-bond acceptors (Lipinski definition) is 10. The van der Waals surface area contributed by atoms with Crippen LogP contribution in [-0.4, -0.2) is 66.9 Å². The molecule has 1 spiro atoms. The van der Waals surface area contributed by atoms with Crippen LogP contribution in [0.25, 0.3) is 0 Å². The fourth-order valence-electron chi connectivity index (χ4n) is 5.57. The van der Waals surface area contributed by atoms with Gasteiger partial charge in [-0.2, -0.15) is 0 Å². The summed E-state index contributed by atoms with van der Waals surface area (Å²) in [4.78, 5) is 40.8. The number of nitrogens with one attached hydrogen (secondary N) is 1. The van der Waals surface area contributed by atoms with Crippen LogP contribution in [0.3, 0.4) is 0 Å². The van der Waals surface area contributed by atoms with Gasteiger partial charge in [0.15, 0.2) is 28.8 Å². The zero-order valence-corrected chi connectivity index (χ0v) is 23.7. The predicted octanol–water partition coefficient (Wildman–Crippen LogP) is 3.49. The molecule has 2 aromatic rings. The second-order valence-corrected chi connectivity index (χ2v) is 10.7. The van der Waals surface area contributed by atoms with Gasteiger partial charge in [0.2, 0.25) is 24.1 Å². The first-order valence-corrected chi connectivity index (χ1v) is 13.4. The van der Waals surface area contributed by atoms with Crippen molar-refractivity contribution in [1.82, 2.24) is 5.32 Å². The third-order valence-corrected chi connectivity index (χ3v) is 8.00. The second-order valence-electron chi connectivity index (χ2n) is 10.3. The van der Waals surface area contributed by atoms with Gasteiger partial charge < -0.3 is 39.2 Å². The van der Waals surface area contributed by atoms with Crippen LogP contribution in [0, 0.1) is 5.92 Å². The molecule has 3 aliphatic rings. The first-order chi connectivity index (χ1) is 19.5. The van der Waals surface area contributed by atoms with Gasteiger partial charge in [-0.3, -0.25) is 14.4 Å². The summed E-state index contributed by atoms with van der Waals surface area (Å²) in [6, 6.07) is 6.38. The van der Waals surface area contributed by atoms with Gasteiger partial charge in [0, 0.05) is 42.9 Å². The van der Waals surface area contributed by atoms with E-state index in [9.17, 15) is 24.6 Å². The van der Waals surface area contributed by atoms with Crippen LogP contribution in [0.5, 0.6) is 28.7 Å². The number of amides is 1. The Labute approximate surface area is 240 Å². The van der Waals surface area contributed by atoms with E-state index in [0.29, 0.717) is 17.1 Å². The predicted molar refractivity (Wildman–Crippen MR) is 145 cm³/mol.